The highest BCUT2D eigenvalue weighted by atomic mass is 19.1. The van der Waals surface area contributed by atoms with Gasteiger partial charge in [0, 0.05) is 20.1 Å². The first kappa shape index (κ1) is 15.7. The largest absolute Gasteiger partial charge is 0.353 e. The molecule has 0 bridgehead atoms. The fourth-order valence-corrected chi connectivity index (χ4v) is 3.53. The number of aromatic nitrogens is 2. The van der Waals surface area contributed by atoms with Gasteiger partial charge in [-0.05, 0) is 30.7 Å². The Hall–Kier alpha value is -2.77. The van der Waals surface area contributed by atoms with E-state index in [-0.39, 0.29) is 29.4 Å². The summed E-state index contributed by atoms with van der Waals surface area (Å²) in [6, 6.07) is 7.13. The van der Waals surface area contributed by atoms with Crippen molar-refractivity contribution in [3.8, 4) is 11.3 Å². The van der Waals surface area contributed by atoms with E-state index in [1.54, 1.807) is 24.1 Å². The summed E-state index contributed by atoms with van der Waals surface area (Å²) in [6.07, 6.45) is 0.825. The Bertz CT molecular complexity index is 793. The molecule has 2 atom stereocenters. The molecule has 0 aliphatic carbocycles. The number of nitrogens with one attached hydrogen (secondary N) is 1. The number of carbonyl (C=O) groups excluding carboxylic acids is 1. The number of likely N-dealkylation sites (N-methyl/N-ethyl adjacent to an activating group) is 1. The smallest absolute Gasteiger partial charge is 0.317 e. The van der Waals surface area contributed by atoms with Crippen molar-refractivity contribution in [1.29, 1.82) is 0 Å². The van der Waals surface area contributed by atoms with Crippen molar-refractivity contribution >= 4 is 11.8 Å². The first-order chi connectivity index (χ1) is 12.0. The van der Waals surface area contributed by atoms with E-state index in [9.17, 15) is 13.6 Å². The first-order valence-electron chi connectivity index (χ1n) is 8.11. The van der Waals surface area contributed by atoms with Crippen molar-refractivity contribution in [2.24, 2.45) is 0 Å². The van der Waals surface area contributed by atoms with E-state index < -0.39 is 11.6 Å². The Labute approximate surface area is 143 Å². The molecule has 3 heterocycles. The normalized spacial score (nSPS) is 22.8. The van der Waals surface area contributed by atoms with Crippen molar-refractivity contribution in [3.63, 3.8) is 0 Å². The number of rotatable bonds is 2. The fraction of sp³-hybridized carbons (Fsp3) is 0.353. The predicted molar refractivity (Wildman–Crippen MR) is 88.1 cm³/mol. The average Bonchev–Trinajstić information content (AvgIpc) is 2.89. The van der Waals surface area contributed by atoms with Crippen LogP contribution in [0, 0.1) is 11.6 Å². The van der Waals surface area contributed by atoms with Gasteiger partial charge in [0.2, 0.25) is 0 Å². The molecule has 1 aromatic heterocycles. The molecule has 2 aliphatic rings. The molecule has 0 spiro atoms. The van der Waals surface area contributed by atoms with Gasteiger partial charge in [-0.1, -0.05) is 6.07 Å². The molecule has 6 nitrogen and oxygen atoms in total. The molecule has 1 N–H and O–H groups in total. The summed E-state index contributed by atoms with van der Waals surface area (Å²) in [4.78, 5) is 15.5. The molecule has 2 fully saturated rings. The van der Waals surface area contributed by atoms with Gasteiger partial charge in [-0.25, -0.2) is 13.6 Å². The SMILES string of the molecule is CN1C(=O)N[C@@H]2CN(c3ccc(-c4c(F)cccc4F)nn3)CC[C@@H]21. The third kappa shape index (κ3) is 2.67. The Balaban J connectivity index is 1.54. The van der Waals surface area contributed by atoms with E-state index in [0.717, 1.165) is 13.0 Å². The molecule has 8 heteroatoms. The zero-order valence-corrected chi connectivity index (χ0v) is 13.6. The van der Waals surface area contributed by atoms with Crippen molar-refractivity contribution in [2.45, 2.75) is 18.5 Å². The Morgan fingerprint density at radius 2 is 1.92 bits per heavy atom. The molecule has 2 aromatic rings. The second-order valence-electron chi connectivity index (χ2n) is 6.34. The Morgan fingerprint density at radius 3 is 2.60 bits per heavy atom. The maximum atomic E-state index is 13.8. The molecule has 2 saturated heterocycles. The van der Waals surface area contributed by atoms with Crippen LogP contribution in [0.15, 0.2) is 30.3 Å². The van der Waals surface area contributed by atoms with Crippen molar-refractivity contribution in [3.05, 3.63) is 42.0 Å². The minimum absolute atomic E-state index is 0.0386. The first-order valence-corrected chi connectivity index (χ1v) is 8.11. The van der Waals surface area contributed by atoms with Crippen LogP contribution in [-0.4, -0.2) is 53.3 Å². The molecule has 1 aromatic carbocycles. The molecule has 2 amide bonds. The maximum absolute atomic E-state index is 13.8. The molecule has 25 heavy (non-hydrogen) atoms. The standard InChI is InChI=1S/C17H17F2N5O/c1-23-14-7-8-24(9-13(14)20-17(23)25)15-6-5-12(21-22-15)16-10(18)3-2-4-11(16)19/h2-6,13-14H,7-9H2,1H3,(H,20,25)/t13-,14+/m1/s1. The van der Waals surface area contributed by atoms with Gasteiger partial charge < -0.3 is 15.1 Å². The van der Waals surface area contributed by atoms with Gasteiger partial charge in [-0.3, -0.25) is 0 Å². The van der Waals surface area contributed by atoms with Gasteiger partial charge in [-0.15, -0.1) is 10.2 Å². The number of carbonyl (C=O) groups is 1. The molecule has 2 aliphatic heterocycles. The third-order valence-electron chi connectivity index (χ3n) is 4.90. The van der Waals surface area contributed by atoms with Crippen LogP contribution in [-0.2, 0) is 0 Å². The zero-order valence-electron chi connectivity index (χ0n) is 13.6. The van der Waals surface area contributed by atoms with Gasteiger partial charge >= 0.3 is 6.03 Å². The van der Waals surface area contributed by atoms with Crippen LogP contribution in [0.1, 0.15) is 6.42 Å². The number of urea groups is 1. The van der Waals surface area contributed by atoms with E-state index in [0.29, 0.717) is 12.4 Å². The highest BCUT2D eigenvalue weighted by Gasteiger charge is 2.40. The zero-order chi connectivity index (χ0) is 17.6. The van der Waals surface area contributed by atoms with Gasteiger partial charge in [0.1, 0.15) is 11.6 Å². The number of hydrogen-bond acceptors (Lipinski definition) is 4. The molecule has 130 valence electrons. The Kier molecular flexibility index (Phi) is 3.74. The number of piperidine rings is 1. The second kappa shape index (κ2) is 5.94. The van der Waals surface area contributed by atoms with Gasteiger partial charge in [0.05, 0.1) is 23.3 Å². The number of benzene rings is 1. The summed E-state index contributed by atoms with van der Waals surface area (Å²) in [7, 11) is 1.80. The molecular formula is C17H17F2N5O. The molecular weight excluding hydrogens is 328 g/mol. The van der Waals surface area contributed by atoms with Gasteiger partial charge in [0.25, 0.3) is 0 Å². The van der Waals surface area contributed by atoms with E-state index in [1.807, 2.05) is 4.90 Å². The topological polar surface area (TPSA) is 61.4 Å². The molecule has 0 unspecified atom stereocenters. The highest BCUT2D eigenvalue weighted by Crippen LogP contribution is 2.27. The lowest BCUT2D eigenvalue weighted by atomic mass is 10.0. The summed E-state index contributed by atoms with van der Waals surface area (Å²) in [6.45, 7) is 1.37. The van der Waals surface area contributed by atoms with E-state index >= 15 is 0 Å². The monoisotopic (exact) mass is 345 g/mol. The third-order valence-corrected chi connectivity index (χ3v) is 4.90. The Morgan fingerprint density at radius 1 is 1.16 bits per heavy atom. The quantitative estimate of drug-likeness (QED) is 0.905. The van der Waals surface area contributed by atoms with Crippen LogP contribution in [0.4, 0.5) is 19.4 Å². The lowest BCUT2D eigenvalue weighted by Gasteiger charge is -2.36. The van der Waals surface area contributed by atoms with Gasteiger partial charge in [0.15, 0.2) is 5.82 Å². The fourth-order valence-electron chi connectivity index (χ4n) is 3.53. The molecule has 4 rings (SSSR count). The van der Waals surface area contributed by atoms with Crippen LogP contribution in [0.2, 0.25) is 0 Å². The minimum Gasteiger partial charge on any atom is -0.353 e. The number of amides is 2. The number of halogens is 2. The van der Waals surface area contributed by atoms with Crippen molar-refractivity contribution < 1.29 is 13.6 Å². The second-order valence-corrected chi connectivity index (χ2v) is 6.34. The van der Waals surface area contributed by atoms with Crippen LogP contribution in [0.5, 0.6) is 0 Å². The summed E-state index contributed by atoms with van der Waals surface area (Å²) >= 11 is 0. The van der Waals surface area contributed by atoms with Crippen LogP contribution < -0.4 is 10.2 Å². The average molecular weight is 345 g/mol. The minimum atomic E-state index is -0.667. The number of hydrogen-bond donors (Lipinski definition) is 1. The predicted octanol–water partition coefficient (Wildman–Crippen LogP) is 2.02. The summed E-state index contributed by atoms with van der Waals surface area (Å²) in [5.41, 5.74) is -0.0203. The van der Waals surface area contributed by atoms with Crippen molar-refractivity contribution in [2.75, 3.05) is 25.0 Å². The number of fused-ring (bicyclic) bond motifs is 1. The lowest BCUT2D eigenvalue weighted by Crippen LogP contribution is -2.51. The summed E-state index contributed by atoms with van der Waals surface area (Å²) in [5.74, 6) is -0.707. The molecule has 0 radical (unpaired) electrons. The van der Waals surface area contributed by atoms with Gasteiger partial charge in [-0.2, -0.15) is 0 Å². The van der Waals surface area contributed by atoms with Crippen LogP contribution in [0.3, 0.4) is 0 Å². The van der Waals surface area contributed by atoms with E-state index in [4.69, 9.17) is 0 Å². The van der Waals surface area contributed by atoms with E-state index in [2.05, 4.69) is 15.5 Å². The highest BCUT2D eigenvalue weighted by molar-refractivity contribution is 5.77. The molecule has 0 saturated carbocycles. The van der Waals surface area contributed by atoms with Crippen molar-refractivity contribution in [1.82, 2.24) is 20.4 Å². The number of anilines is 1. The number of nitrogens with zero attached hydrogens (tertiary/aromatic N) is 4. The van der Waals surface area contributed by atoms with E-state index in [1.165, 1.54) is 18.2 Å². The summed E-state index contributed by atoms with van der Waals surface area (Å²) in [5, 5.41) is 11.1. The van der Waals surface area contributed by atoms with Crippen LogP contribution in [0.25, 0.3) is 11.3 Å². The summed E-state index contributed by atoms with van der Waals surface area (Å²) < 4.78 is 27.7. The maximum Gasteiger partial charge on any atom is 0.317 e. The lowest BCUT2D eigenvalue weighted by molar-refractivity contribution is 0.212. The van der Waals surface area contributed by atoms with Crippen LogP contribution >= 0.6 is 0 Å².